The zero-order chi connectivity index (χ0) is 21.7. The first kappa shape index (κ1) is 21.0. The van der Waals surface area contributed by atoms with E-state index in [4.69, 9.17) is 0 Å². The molecule has 1 aliphatic heterocycles. The molecule has 160 valence electrons. The Labute approximate surface area is 181 Å². The Balaban J connectivity index is 1.40. The number of nitrogens with zero attached hydrogens (tertiary/aromatic N) is 3. The van der Waals surface area contributed by atoms with Crippen LogP contribution in [-0.2, 0) is 10.0 Å². The molecule has 31 heavy (non-hydrogen) atoms. The van der Waals surface area contributed by atoms with E-state index in [1.807, 2.05) is 18.2 Å². The summed E-state index contributed by atoms with van der Waals surface area (Å²) in [5.74, 6) is 0.622. The van der Waals surface area contributed by atoms with Crippen molar-refractivity contribution in [2.45, 2.75) is 4.90 Å². The number of benzene rings is 2. The van der Waals surface area contributed by atoms with Crippen molar-refractivity contribution in [1.29, 1.82) is 0 Å². The van der Waals surface area contributed by atoms with Crippen LogP contribution in [0.5, 0.6) is 5.75 Å². The zero-order valence-electron chi connectivity index (χ0n) is 16.8. The number of hydrogen-bond acceptors (Lipinski definition) is 7. The molecule has 0 amide bonds. The summed E-state index contributed by atoms with van der Waals surface area (Å²) in [6.45, 7) is 2.27. The van der Waals surface area contributed by atoms with Crippen molar-refractivity contribution in [3.8, 4) is 5.75 Å². The van der Waals surface area contributed by atoms with Crippen molar-refractivity contribution in [2.24, 2.45) is 0 Å². The Morgan fingerprint density at radius 2 is 1.65 bits per heavy atom. The minimum absolute atomic E-state index is 0.213. The third kappa shape index (κ3) is 5.26. The quantitative estimate of drug-likeness (QED) is 0.544. The standard InChI is InChI=1S/C22H23N5O3S/c28-20-3-1-2-17(14-20)4-5-18-15-24-22(25-16-18)26-19-6-8-21(9-7-19)31(29,30)27-12-10-23-11-13-27/h1-9,14-16,23,28H,10-13H2,(H,24,25,26)/b5-4+. The summed E-state index contributed by atoms with van der Waals surface area (Å²) in [6.07, 6.45) is 7.08. The molecule has 9 heteroatoms. The van der Waals surface area contributed by atoms with Gasteiger partial charge in [0.05, 0.1) is 4.90 Å². The molecule has 3 N–H and O–H groups in total. The predicted octanol–water partition coefficient (Wildman–Crippen LogP) is 2.69. The van der Waals surface area contributed by atoms with Gasteiger partial charge < -0.3 is 15.7 Å². The number of rotatable bonds is 6. The van der Waals surface area contributed by atoms with Crippen molar-refractivity contribution in [3.63, 3.8) is 0 Å². The molecule has 1 aliphatic rings. The maximum Gasteiger partial charge on any atom is 0.243 e. The van der Waals surface area contributed by atoms with E-state index in [-0.39, 0.29) is 10.6 Å². The lowest BCUT2D eigenvalue weighted by atomic mass is 10.2. The number of anilines is 2. The van der Waals surface area contributed by atoms with Gasteiger partial charge in [0.25, 0.3) is 0 Å². The van der Waals surface area contributed by atoms with Gasteiger partial charge in [0.15, 0.2) is 0 Å². The van der Waals surface area contributed by atoms with E-state index in [2.05, 4.69) is 20.6 Å². The molecule has 2 heterocycles. The Hall–Kier alpha value is -3.27. The fourth-order valence-electron chi connectivity index (χ4n) is 3.18. The second-order valence-corrected chi connectivity index (χ2v) is 9.01. The normalized spacial score (nSPS) is 15.2. The minimum Gasteiger partial charge on any atom is -0.508 e. The highest BCUT2D eigenvalue weighted by Gasteiger charge is 2.25. The highest BCUT2D eigenvalue weighted by Crippen LogP contribution is 2.20. The molecular formula is C22H23N5O3S. The van der Waals surface area contributed by atoms with E-state index in [0.29, 0.717) is 37.8 Å². The molecule has 0 radical (unpaired) electrons. The van der Waals surface area contributed by atoms with Crippen LogP contribution >= 0.6 is 0 Å². The summed E-state index contributed by atoms with van der Waals surface area (Å²) in [6, 6.07) is 13.5. The summed E-state index contributed by atoms with van der Waals surface area (Å²) < 4.78 is 26.9. The minimum atomic E-state index is -3.48. The van der Waals surface area contributed by atoms with Crippen LogP contribution < -0.4 is 10.6 Å². The van der Waals surface area contributed by atoms with E-state index < -0.39 is 10.0 Å². The van der Waals surface area contributed by atoms with Gasteiger partial charge in [0, 0.05) is 49.8 Å². The van der Waals surface area contributed by atoms with E-state index in [1.165, 1.54) is 4.31 Å². The van der Waals surface area contributed by atoms with Gasteiger partial charge in [-0.25, -0.2) is 18.4 Å². The van der Waals surface area contributed by atoms with Crippen LogP contribution in [0.2, 0.25) is 0 Å². The third-order valence-electron chi connectivity index (χ3n) is 4.83. The fraction of sp³-hybridized carbons (Fsp3) is 0.182. The Kier molecular flexibility index (Phi) is 6.26. The molecule has 1 saturated heterocycles. The monoisotopic (exact) mass is 437 g/mol. The number of nitrogens with one attached hydrogen (secondary N) is 2. The molecule has 0 aliphatic carbocycles. The number of piperazine rings is 1. The molecule has 0 bridgehead atoms. The second-order valence-electron chi connectivity index (χ2n) is 7.07. The van der Waals surface area contributed by atoms with Crippen LogP contribution in [0.1, 0.15) is 11.1 Å². The van der Waals surface area contributed by atoms with Gasteiger partial charge in [-0.3, -0.25) is 0 Å². The molecular weight excluding hydrogens is 414 g/mol. The Morgan fingerprint density at radius 3 is 2.32 bits per heavy atom. The molecule has 0 saturated carbocycles. The van der Waals surface area contributed by atoms with E-state index >= 15 is 0 Å². The highest BCUT2D eigenvalue weighted by atomic mass is 32.2. The lowest BCUT2D eigenvalue weighted by molar-refractivity contribution is 0.360. The number of aromatic nitrogens is 2. The molecule has 4 rings (SSSR count). The summed E-state index contributed by atoms with van der Waals surface area (Å²) in [4.78, 5) is 8.86. The third-order valence-corrected chi connectivity index (χ3v) is 6.75. The Bertz CT molecular complexity index is 1160. The van der Waals surface area contributed by atoms with Crippen molar-refractivity contribution in [2.75, 3.05) is 31.5 Å². The topological polar surface area (TPSA) is 107 Å². The maximum atomic E-state index is 12.7. The van der Waals surface area contributed by atoms with Gasteiger partial charge in [-0.1, -0.05) is 24.3 Å². The largest absolute Gasteiger partial charge is 0.508 e. The Morgan fingerprint density at radius 1 is 0.968 bits per heavy atom. The summed E-state index contributed by atoms with van der Waals surface area (Å²) in [7, 11) is -3.48. The molecule has 1 aromatic heterocycles. The van der Waals surface area contributed by atoms with Crippen molar-refractivity contribution in [3.05, 3.63) is 72.1 Å². The van der Waals surface area contributed by atoms with Gasteiger partial charge in [-0.05, 0) is 42.0 Å². The predicted molar refractivity (Wildman–Crippen MR) is 120 cm³/mol. The lowest BCUT2D eigenvalue weighted by Gasteiger charge is -2.26. The van der Waals surface area contributed by atoms with Crippen LogP contribution in [0.4, 0.5) is 11.6 Å². The van der Waals surface area contributed by atoms with Crippen LogP contribution in [0.3, 0.4) is 0 Å². The number of aromatic hydroxyl groups is 1. The van der Waals surface area contributed by atoms with Crippen molar-refractivity contribution < 1.29 is 13.5 Å². The number of phenols is 1. The molecule has 3 aromatic rings. The average molecular weight is 438 g/mol. The fourth-order valence-corrected chi connectivity index (χ4v) is 4.62. The molecule has 8 nitrogen and oxygen atoms in total. The maximum absolute atomic E-state index is 12.7. The smallest absolute Gasteiger partial charge is 0.243 e. The molecule has 0 atom stereocenters. The first-order chi connectivity index (χ1) is 15.0. The summed E-state index contributed by atoms with van der Waals surface area (Å²) in [5.41, 5.74) is 2.38. The summed E-state index contributed by atoms with van der Waals surface area (Å²) in [5, 5.41) is 15.7. The van der Waals surface area contributed by atoms with Gasteiger partial charge in [-0.2, -0.15) is 4.31 Å². The molecule has 1 fully saturated rings. The molecule has 0 spiro atoms. The van der Waals surface area contributed by atoms with Crippen LogP contribution in [0.15, 0.2) is 65.8 Å². The van der Waals surface area contributed by atoms with Gasteiger partial charge in [-0.15, -0.1) is 0 Å². The molecule has 0 unspecified atom stereocenters. The lowest BCUT2D eigenvalue weighted by Crippen LogP contribution is -2.46. The van der Waals surface area contributed by atoms with Crippen molar-refractivity contribution in [1.82, 2.24) is 19.6 Å². The van der Waals surface area contributed by atoms with Crippen LogP contribution in [0.25, 0.3) is 12.2 Å². The van der Waals surface area contributed by atoms with E-state index in [0.717, 1.165) is 11.1 Å². The van der Waals surface area contributed by atoms with Gasteiger partial charge >= 0.3 is 0 Å². The number of sulfonamides is 1. The van der Waals surface area contributed by atoms with Crippen molar-refractivity contribution >= 4 is 33.8 Å². The van der Waals surface area contributed by atoms with Gasteiger partial charge in [0.1, 0.15) is 5.75 Å². The molecule has 2 aromatic carbocycles. The number of hydrogen-bond donors (Lipinski definition) is 3. The highest BCUT2D eigenvalue weighted by molar-refractivity contribution is 7.89. The van der Waals surface area contributed by atoms with Crippen LogP contribution in [0, 0.1) is 0 Å². The van der Waals surface area contributed by atoms with E-state index in [9.17, 15) is 13.5 Å². The van der Waals surface area contributed by atoms with Gasteiger partial charge in [0.2, 0.25) is 16.0 Å². The SMILES string of the molecule is O=S(=O)(c1ccc(Nc2ncc(/C=C/c3cccc(O)c3)cn2)cc1)N1CCNCC1. The van der Waals surface area contributed by atoms with E-state index in [1.54, 1.807) is 54.9 Å². The number of phenolic OH excluding ortho intramolecular Hbond substituents is 1. The zero-order valence-corrected chi connectivity index (χ0v) is 17.6. The summed E-state index contributed by atoms with van der Waals surface area (Å²) >= 11 is 0. The average Bonchev–Trinajstić information content (AvgIpc) is 2.80. The van der Waals surface area contributed by atoms with Crippen LogP contribution in [-0.4, -0.2) is 54.0 Å². The second kappa shape index (κ2) is 9.25. The first-order valence-corrected chi connectivity index (χ1v) is 11.3. The first-order valence-electron chi connectivity index (χ1n) is 9.88.